The van der Waals surface area contributed by atoms with Gasteiger partial charge in [0.25, 0.3) is 0 Å². The van der Waals surface area contributed by atoms with Gasteiger partial charge < -0.3 is 21.5 Å². The van der Waals surface area contributed by atoms with E-state index in [-0.39, 0.29) is 5.92 Å². The highest BCUT2D eigenvalue weighted by Crippen LogP contribution is 2.09. The van der Waals surface area contributed by atoms with Gasteiger partial charge in [-0.25, -0.2) is 4.79 Å². The maximum Gasteiger partial charge on any atom is 0.326 e. The van der Waals surface area contributed by atoms with Crippen LogP contribution in [0.2, 0.25) is 0 Å². The fourth-order valence-corrected chi connectivity index (χ4v) is 2.22. The highest BCUT2D eigenvalue weighted by Gasteiger charge is 2.29. The number of nitrogens with two attached hydrogens (primary N) is 1. The fraction of sp³-hybridized carbons (Fsp3) is 0.786. The van der Waals surface area contributed by atoms with E-state index in [9.17, 15) is 19.5 Å². The maximum absolute atomic E-state index is 12.3. The summed E-state index contributed by atoms with van der Waals surface area (Å²) in [7, 11) is 0. The molecule has 0 bridgehead atoms. The SMILES string of the molecule is CCC(C)C(NC(=O)C(CCSC)NC(=O)C(C)N)C(=O)O. The van der Waals surface area contributed by atoms with Gasteiger partial charge in [-0.05, 0) is 31.3 Å². The minimum atomic E-state index is -1.08. The molecule has 0 aliphatic rings. The van der Waals surface area contributed by atoms with Gasteiger partial charge in [-0.15, -0.1) is 0 Å². The predicted octanol–water partition coefficient (Wildman–Crippen LogP) is 0.187. The first-order chi connectivity index (χ1) is 10.2. The highest BCUT2D eigenvalue weighted by atomic mass is 32.2. The van der Waals surface area contributed by atoms with Crippen LogP contribution in [-0.2, 0) is 14.4 Å². The summed E-state index contributed by atoms with van der Waals surface area (Å²) in [5, 5.41) is 14.3. The first-order valence-corrected chi connectivity index (χ1v) is 8.72. The molecule has 0 aromatic rings. The molecule has 0 rings (SSSR count). The molecule has 8 heteroatoms. The lowest BCUT2D eigenvalue weighted by atomic mass is 9.98. The van der Waals surface area contributed by atoms with Gasteiger partial charge in [0.05, 0.1) is 6.04 Å². The molecule has 0 aliphatic heterocycles. The van der Waals surface area contributed by atoms with Crippen molar-refractivity contribution in [1.29, 1.82) is 0 Å². The van der Waals surface area contributed by atoms with Crippen molar-refractivity contribution in [2.45, 2.75) is 51.7 Å². The van der Waals surface area contributed by atoms with Crippen LogP contribution in [0.4, 0.5) is 0 Å². The number of thioether (sulfide) groups is 1. The number of amides is 2. The van der Waals surface area contributed by atoms with Crippen LogP contribution in [-0.4, -0.2) is 53.0 Å². The maximum atomic E-state index is 12.3. The lowest BCUT2D eigenvalue weighted by Crippen LogP contribution is -2.55. The molecule has 0 spiro atoms. The van der Waals surface area contributed by atoms with E-state index in [0.717, 1.165) is 0 Å². The van der Waals surface area contributed by atoms with E-state index >= 15 is 0 Å². The summed E-state index contributed by atoms with van der Waals surface area (Å²) in [6, 6.07) is -2.48. The largest absolute Gasteiger partial charge is 0.480 e. The number of hydrogen-bond acceptors (Lipinski definition) is 5. The summed E-state index contributed by atoms with van der Waals surface area (Å²) >= 11 is 1.54. The van der Waals surface area contributed by atoms with Crippen molar-refractivity contribution in [1.82, 2.24) is 10.6 Å². The number of hydrogen-bond donors (Lipinski definition) is 4. The molecule has 4 atom stereocenters. The minimum Gasteiger partial charge on any atom is -0.480 e. The van der Waals surface area contributed by atoms with Crippen molar-refractivity contribution in [2.24, 2.45) is 11.7 Å². The van der Waals surface area contributed by atoms with Crippen LogP contribution in [0.1, 0.15) is 33.6 Å². The third kappa shape index (κ3) is 7.13. The van der Waals surface area contributed by atoms with E-state index in [1.54, 1.807) is 6.92 Å². The van der Waals surface area contributed by atoms with E-state index < -0.39 is 35.9 Å². The number of carbonyl (C=O) groups is 3. The van der Waals surface area contributed by atoms with Crippen LogP contribution in [0.15, 0.2) is 0 Å². The number of nitrogens with one attached hydrogen (secondary N) is 2. The second-order valence-electron chi connectivity index (χ2n) is 5.34. The van der Waals surface area contributed by atoms with Gasteiger partial charge in [-0.3, -0.25) is 9.59 Å². The normalized spacial score (nSPS) is 16.2. The van der Waals surface area contributed by atoms with E-state index in [0.29, 0.717) is 18.6 Å². The molecule has 0 heterocycles. The average Bonchev–Trinajstić information content (AvgIpc) is 2.47. The van der Waals surface area contributed by atoms with Crippen LogP contribution in [0.5, 0.6) is 0 Å². The zero-order valence-electron chi connectivity index (χ0n) is 13.6. The molecule has 0 aromatic carbocycles. The van der Waals surface area contributed by atoms with Crippen molar-refractivity contribution in [3.8, 4) is 0 Å². The summed E-state index contributed by atoms with van der Waals surface area (Å²) in [5.41, 5.74) is 5.49. The molecule has 0 aliphatic carbocycles. The molecule has 0 saturated heterocycles. The van der Waals surface area contributed by atoms with Gasteiger partial charge in [0.1, 0.15) is 12.1 Å². The molecule has 7 nitrogen and oxygen atoms in total. The van der Waals surface area contributed by atoms with Crippen molar-refractivity contribution < 1.29 is 19.5 Å². The topological polar surface area (TPSA) is 122 Å². The van der Waals surface area contributed by atoms with Crippen LogP contribution in [0.25, 0.3) is 0 Å². The molecule has 5 N–H and O–H groups in total. The molecule has 128 valence electrons. The Kier molecular flexibility index (Phi) is 9.84. The quantitative estimate of drug-likeness (QED) is 0.453. The molecule has 0 aromatic heterocycles. The molecule has 2 amide bonds. The Balaban J connectivity index is 4.92. The Morgan fingerprint density at radius 2 is 1.77 bits per heavy atom. The third-order valence-electron chi connectivity index (χ3n) is 3.43. The zero-order chi connectivity index (χ0) is 17.3. The number of rotatable bonds is 10. The van der Waals surface area contributed by atoms with Crippen molar-refractivity contribution in [2.75, 3.05) is 12.0 Å². The third-order valence-corrected chi connectivity index (χ3v) is 4.08. The fourth-order valence-electron chi connectivity index (χ4n) is 1.74. The van der Waals surface area contributed by atoms with Crippen LogP contribution in [0, 0.1) is 5.92 Å². The summed E-state index contributed by atoms with van der Waals surface area (Å²) in [5.74, 6) is -1.54. The molecule has 22 heavy (non-hydrogen) atoms. The van der Waals surface area contributed by atoms with Gasteiger partial charge in [-0.2, -0.15) is 11.8 Å². The minimum absolute atomic E-state index is 0.202. The van der Waals surface area contributed by atoms with E-state index in [4.69, 9.17) is 5.73 Å². The summed E-state index contributed by atoms with van der Waals surface area (Å²) in [4.78, 5) is 35.3. The van der Waals surface area contributed by atoms with Gasteiger partial charge in [0.2, 0.25) is 11.8 Å². The number of carboxylic acid groups (broad SMARTS) is 1. The number of carbonyl (C=O) groups excluding carboxylic acids is 2. The van der Waals surface area contributed by atoms with Crippen LogP contribution in [0.3, 0.4) is 0 Å². The van der Waals surface area contributed by atoms with Gasteiger partial charge in [0.15, 0.2) is 0 Å². The predicted molar refractivity (Wildman–Crippen MR) is 87.6 cm³/mol. The van der Waals surface area contributed by atoms with E-state index in [1.807, 2.05) is 13.2 Å². The average molecular weight is 333 g/mol. The summed E-state index contributed by atoms with van der Waals surface area (Å²) < 4.78 is 0. The van der Waals surface area contributed by atoms with Gasteiger partial charge in [0, 0.05) is 0 Å². The van der Waals surface area contributed by atoms with Crippen LogP contribution < -0.4 is 16.4 Å². The Hall–Kier alpha value is -1.28. The molecular weight excluding hydrogens is 306 g/mol. The molecular formula is C14H27N3O4S. The van der Waals surface area contributed by atoms with Crippen molar-refractivity contribution >= 4 is 29.5 Å². The number of carboxylic acids is 1. The second-order valence-corrected chi connectivity index (χ2v) is 6.33. The van der Waals surface area contributed by atoms with Crippen molar-refractivity contribution in [3.63, 3.8) is 0 Å². The standard InChI is InChI=1S/C14H27N3O4S/c1-5-8(2)11(14(20)21)17-13(19)10(6-7-22-4)16-12(18)9(3)15/h8-11H,5-7,15H2,1-4H3,(H,16,18)(H,17,19)(H,20,21). The molecule has 0 radical (unpaired) electrons. The summed E-state index contributed by atoms with van der Waals surface area (Å²) in [6.45, 7) is 5.14. The van der Waals surface area contributed by atoms with Gasteiger partial charge >= 0.3 is 5.97 Å². The zero-order valence-corrected chi connectivity index (χ0v) is 14.4. The number of aliphatic carboxylic acids is 1. The molecule has 0 saturated carbocycles. The second kappa shape index (κ2) is 10.4. The lowest BCUT2D eigenvalue weighted by molar-refractivity contribution is -0.143. The lowest BCUT2D eigenvalue weighted by Gasteiger charge is -2.24. The molecule has 4 unspecified atom stereocenters. The first-order valence-electron chi connectivity index (χ1n) is 7.32. The van der Waals surface area contributed by atoms with Gasteiger partial charge in [-0.1, -0.05) is 20.3 Å². The monoisotopic (exact) mass is 333 g/mol. The Morgan fingerprint density at radius 3 is 2.18 bits per heavy atom. The summed E-state index contributed by atoms with van der Waals surface area (Å²) in [6.07, 6.45) is 2.93. The first kappa shape index (κ1) is 20.7. The Morgan fingerprint density at radius 1 is 1.18 bits per heavy atom. The van der Waals surface area contributed by atoms with Crippen LogP contribution >= 0.6 is 11.8 Å². The van der Waals surface area contributed by atoms with E-state index in [2.05, 4.69) is 10.6 Å². The Labute approximate surface area is 135 Å². The molecule has 0 fully saturated rings. The Bertz CT molecular complexity index is 390. The highest BCUT2D eigenvalue weighted by molar-refractivity contribution is 7.98. The van der Waals surface area contributed by atoms with Crippen molar-refractivity contribution in [3.05, 3.63) is 0 Å². The van der Waals surface area contributed by atoms with E-state index in [1.165, 1.54) is 18.7 Å². The smallest absolute Gasteiger partial charge is 0.326 e.